The van der Waals surface area contributed by atoms with Crippen molar-refractivity contribution in [1.29, 1.82) is 0 Å². The molecule has 0 aliphatic carbocycles. The molecule has 3 heteroatoms. The maximum absolute atomic E-state index is 13.0. The summed E-state index contributed by atoms with van der Waals surface area (Å²) >= 11 is 1.68. The normalized spacial score (nSPS) is 12.4. The van der Waals surface area contributed by atoms with Crippen LogP contribution in [0.15, 0.2) is 41.8 Å². The van der Waals surface area contributed by atoms with E-state index in [1.807, 2.05) is 12.1 Å². The monoisotopic (exact) mass is 253 g/mol. The van der Waals surface area contributed by atoms with Gasteiger partial charge in [-0.2, -0.15) is 0 Å². The number of rotatable bonds is 8. The van der Waals surface area contributed by atoms with Gasteiger partial charge >= 0.3 is 0 Å². The van der Waals surface area contributed by atoms with Crippen LogP contribution in [0.3, 0.4) is 0 Å². The smallest absolute Gasteiger partial charge is 0.124 e. The first-order chi connectivity index (χ1) is 8.26. The van der Waals surface area contributed by atoms with Gasteiger partial charge < -0.3 is 5.32 Å². The minimum Gasteiger partial charge on any atom is -0.313 e. The second-order valence-electron chi connectivity index (χ2n) is 3.94. The summed E-state index contributed by atoms with van der Waals surface area (Å²) in [5.41, 5.74) is 0. The summed E-state index contributed by atoms with van der Waals surface area (Å²) < 4.78 is 13.0. The molecule has 1 unspecified atom stereocenters. The zero-order chi connectivity index (χ0) is 12.5. The largest absolute Gasteiger partial charge is 0.313 e. The average Bonchev–Trinajstić information content (AvgIpc) is 2.33. The van der Waals surface area contributed by atoms with E-state index < -0.39 is 0 Å². The molecule has 0 amide bonds. The van der Waals surface area contributed by atoms with Gasteiger partial charge in [0, 0.05) is 16.7 Å². The van der Waals surface area contributed by atoms with Gasteiger partial charge in [0.1, 0.15) is 5.82 Å². The molecule has 1 aromatic rings. The van der Waals surface area contributed by atoms with E-state index in [0.29, 0.717) is 6.04 Å². The molecule has 94 valence electrons. The summed E-state index contributed by atoms with van der Waals surface area (Å²) in [6.07, 6.45) is 4.00. The van der Waals surface area contributed by atoms with Gasteiger partial charge in [-0.05, 0) is 37.6 Å². The van der Waals surface area contributed by atoms with Crippen LogP contribution in [0.4, 0.5) is 4.39 Å². The van der Waals surface area contributed by atoms with Crippen molar-refractivity contribution < 1.29 is 4.39 Å². The van der Waals surface area contributed by atoms with E-state index in [2.05, 4.69) is 18.8 Å². The van der Waals surface area contributed by atoms with E-state index >= 15 is 0 Å². The van der Waals surface area contributed by atoms with E-state index in [0.717, 1.165) is 30.0 Å². The molecule has 0 aliphatic rings. The first-order valence-electron chi connectivity index (χ1n) is 5.99. The maximum atomic E-state index is 13.0. The zero-order valence-electron chi connectivity index (χ0n) is 10.3. The Balaban J connectivity index is 2.42. The minimum atomic E-state index is -0.170. The third-order valence-electron chi connectivity index (χ3n) is 2.38. The van der Waals surface area contributed by atoms with E-state index in [1.165, 1.54) is 6.07 Å². The Morgan fingerprint density at radius 3 is 3.00 bits per heavy atom. The highest BCUT2D eigenvalue weighted by molar-refractivity contribution is 7.99. The van der Waals surface area contributed by atoms with Crippen molar-refractivity contribution >= 4 is 11.8 Å². The van der Waals surface area contributed by atoms with Crippen LogP contribution in [-0.2, 0) is 0 Å². The van der Waals surface area contributed by atoms with Gasteiger partial charge in [-0.1, -0.05) is 19.1 Å². The third kappa shape index (κ3) is 5.89. The van der Waals surface area contributed by atoms with Crippen LogP contribution in [0.25, 0.3) is 0 Å². The summed E-state index contributed by atoms with van der Waals surface area (Å²) in [5.74, 6) is 0.770. The van der Waals surface area contributed by atoms with Crippen LogP contribution in [0, 0.1) is 5.82 Å². The predicted molar refractivity (Wildman–Crippen MR) is 74.0 cm³/mol. The van der Waals surface area contributed by atoms with Gasteiger partial charge in [0.25, 0.3) is 0 Å². The second-order valence-corrected chi connectivity index (χ2v) is 5.04. The number of hydrogen-bond donors (Lipinski definition) is 1. The predicted octanol–water partition coefficient (Wildman–Crippen LogP) is 3.86. The van der Waals surface area contributed by atoms with E-state index in [1.54, 1.807) is 23.9 Å². The Hall–Kier alpha value is -0.800. The van der Waals surface area contributed by atoms with E-state index in [4.69, 9.17) is 0 Å². The quantitative estimate of drug-likeness (QED) is 0.557. The fraction of sp³-hybridized carbons (Fsp3) is 0.429. The van der Waals surface area contributed by atoms with Crippen LogP contribution in [0.2, 0.25) is 0 Å². The molecule has 0 spiro atoms. The van der Waals surface area contributed by atoms with Crippen molar-refractivity contribution in [2.24, 2.45) is 0 Å². The van der Waals surface area contributed by atoms with Gasteiger partial charge in [-0.15, -0.1) is 18.3 Å². The molecule has 1 N–H and O–H groups in total. The van der Waals surface area contributed by atoms with Crippen molar-refractivity contribution in [3.63, 3.8) is 0 Å². The van der Waals surface area contributed by atoms with Gasteiger partial charge in [0.15, 0.2) is 0 Å². The molecule has 0 fully saturated rings. The van der Waals surface area contributed by atoms with Crippen molar-refractivity contribution in [3.8, 4) is 0 Å². The van der Waals surface area contributed by atoms with Crippen LogP contribution < -0.4 is 5.32 Å². The molecule has 17 heavy (non-hydrogen) atoms. The lowest BCUT2D eigenvalue weighted by Gasteiger charge is -2.16. The zero-order valence-corrected chi connectivity index (χ0v) is 11.1. The summed E-state index contributed by atoms with van der Waals surface area (Å²) in [4.78, 5) is 0.984. The Bertz CT molecular complexity index is 341. The molecule has 0 heterocycles. The summed E-state index contributed by atoms with van der Waals surface area (Å²) in [5, 5.41) is 3.47. The topological polar surface area (TPSA) is 12.0 Å². The molecule has 0 radical (unpaired) electrons. The maximum Gasteiger partial charge on any atom is 0.124 e. The fourth-order valence-electron chi connectivity index (χ4n) is 1.51. The van der Waals surface area contributed by atoms with E-state index in [9.17, 15) is 4.39 Å². The number of thioether (sulfide) groups is 1. The lowest BCUT2D eigenvalue weighted by molar-refractivity contribution is 0.558. The molecule has 1 atom stereocenters. The number of nitrogens with one attached hydrogen (secondary N) is 1. The SMILES string of the molecule is C=CCC(CSc1cccc(F)c1)NCCC. The van der Waals surface area contributed by atoms with Crippen LogP contribution in [-0.4, -0.2) is 18.3 Å². The Morgan fingerprint density at radius 1 is 1.53 bits per heavy atom. The molecule has 1 aromatic carbocycles. The molecule has 0 aromatic heterocycles. The number of hydrogen-bond acceptors (Lipinski definition) is 2. The van der Waals surface area contributed by atoms with Crippen molar-refractivity contribution in [1.82, 2.24) is 5.32 Å². The fourth-order valence-corrected chi connectivity index (χ4v) is 2.53. The first kappa shape index (κ1) is 14.3. The average molecular weight is 253 g/mol. The lowest BCUT2D eigenvalue weighted by atomic mass is 10.2. The Kier molecular flexibility index (Phi) is 6.97. The Morgan fingerprint density at radius 2 is 2.35 bits per heavy atom. The molecule has 0 bridgehead atoms. The molecule has 1 nitrogen and oxygen atoms in total. The second kappa shape index (κ2) is 8.31. The van der Waals surface area contributed by atoms with E-state index in [-0.39, 0.29) is 5.82 Å². The standard InChI is InChI=1S/C14H20FNS/c1-3-6-13(16-9-4-2)11-17-14-8-5-7-12(15)10-14/h3,5,7-8,10,13,16H,1,4,6,9,11H2,2H3. The van der Waals surface area contributed by atoms with Crippen molar-refractivity contribution in [2.75, 3.05) is 12.3 Å². The molecule has 0 aliphatic heterocycles. The third-order valence-corrected chi connectivity index (χ3v) is 3.54. The van der Waals surface area contributed by atoms with Gasteiger partial charge in [-0.3, -0.25) is 0 Å². The van der Waals surface area contributed by atoms with Gasteiger partial charge in [0.05, 0.1) is 0 Å². The van der Waals surface area contributed by atoms with Crippen molar-refractivity contribution in [2.45, 2.75) is 30.7 Å². The highest BCUT2D eigenvalue weighted by Gasteiger charge is 2.06. The summed E-state index contributed by atoms with van der Waals surface area (Å²) in [6, 6.07) is 7.16. The van der Waals surface area contributed by atoms with Gasteiger partial charge in [-0.25, -0.2) is 4.39 Å². The highest BCUT2D eigenvalue weighted by Crippen LogP contribution is 2.20. The van der Waals surface area contributed by atoms with Crippen molar-refractivity contribution in [3.05, 3.63) is 42.7 Å². The number of halogens is 1. The highest BCUT2D eigenvalue weighted by atomic mass is 32.2. The first-order valence-corrected chi connectivity index (χ1v) is 6.97. The summed E-state index contributed by atoms with van der Waals surface area (Å²) in [7, 11) is 0. The van der Waals surface area contributed by atoms with Crippen LogP contribution >= 0.6 is 11.8 Å². The Labute approximate surface area is 107 Å². The summed E-state index contributed by atoms with van der Waals surface area (Å²) in [6.45, 7) is 6.93. The molecule has 1 rings (SSSR count). The van der Waals surface area contributed by atoms with Gasteiger partial charge in [0.2, 0.25) is 0 Å². The lowest BCUT2D eigenvalue weighted by Crippen LogP contribution is -2.31. The van der Waals surface area contributed by atoms with Crippen LogP contribution in [0.1, 0.15) is 19.8 Å². The molecular weight excluding hydrogens is 233 g/mol. The van der Waals surface area contributed by atoms with Crippen LogP contribution in [0.5, 0.6) is 0 Å². The molecular formula is C14H20FNS. The minimum absolute atomic E-state index is 0.170. The molecule has 0 saturated heterocycles. The molecule has 0 saturated carbocycles. The number of benzene rings is 1.